The van der Waals surface area contributed by atoms with Crippen molar-refractivity contribution in [3.8, 4) is 0 Å². The predicted molar refractivity (Wildman–Crippen MR) is 76.1 cm³/mol. The van der Waals surface area contributed by atoms with Crippen molar-refractivity contribution in [3.63, 3.8) is 0 Å². The van der Waals surface area contributed by atoms with E-state index >= 15 is 0 Å². The van der Waals surface area contributed by atoms with Crippen LogP contribution < -0.4 is 10.2 Å². The number of H-pyrrole nitrogens is 1. The zero-order valence-corrected chi connectivity index (χ0v) is 11.2. The molecule has 0 atom stereocenters. The molecule has 3 aromatic rings. The highest BCUT2D eigenvalue weighted by molar-refractivity contribution is 6.02. The molecule has 0 aliphatic carbocycles. The van der Waals surface area contributed by atoms with Crippen LogP contribution in [0.5, 0.6) is 0 Å². The molecule has 3 heterocycles. The molecule has 102 valence electrons. The van der Waals surface area contributed by atoms with E-state index < -0.39 is 0 Å². The highest BCUT2D eigenvalue weighted by atomic mass is 16.2. The maximum Gasteiger partial charge on any atom is 0.277 e. The molecule has 20 heavy (non-hydrogen) atoms. The maximum atomic E-state index is 12.1. The van der Waals surface area contributed by atoms with Crippen molar-refractivity contribution in [3.05, 3.63) is 42.5 Å². The first-order chi connectivity index (χ1) is 9.63. The molecule has 7 heteroatoms. The number of nitrogens with one attached hydrogen (secondary N) is 2. The molecule has 0 saturated carbocycles. The number of pyridine rings is 1. The molecule has 0 bridgehead atoms. The Morgan fingerprint density at radius 3 is 2.85 bits per heavy atom. The van der Waals surface area contributed by atoms with E-state index in [1.54, 1.807) is 18.5 Å². The Kier molecular flexibility index (Phi) is 2.86. The van der Waals surface area contributed by atoms with E-state index in [1.807, 2.05) is 41.7 Å². The van der Waals surface area contributed by atoms with Gasteiger partial charge in [-0.1, -0.05) is 0 Å². The van der Waals surface area contributed by atoms with E-state index in [2.05, 4.69) is 20.5 Å². The monoisotopic (exact) mass is 270 g/mol. The van der Waals surface area contributed by atoms with Gasteiger partial charge >= 0.3 is 0 Å². The topological polar surface area (TPSA) is 78.3 Å². The fraction of sp³-hybridized carbons (Fsp3) is 0.154. The largest absolute Gasteiger partial charge is 0.376 e. The summed E-state index contributed by atoms with van der Waals surface area (Å²) in [6.45, 7) is 0. The van der Waals surface area contributed by atoms with Crippen LogP contribution in [0.25, 0.3) is 5.65 Å². The summed E-state index contributed by atoms with van der Waals surface area (Å²) in [6.07, 6.45) is 5.20. The molecular formula is C13H14N6O. The van der Waals surface area contributed by atoms with Gasteiger partial charge < -0.3 is 14.6 Å². The number of rotatable bonds is 3. The van der Waals surface area contributed by atoms with Gasteiger partial charge in [0.15, 0.2) is 0 Å². The molecule has 0 aliphatic rings. The second-order valence-electron chi connectivity index (χ2n) is 4.60. The first kappa shape index (κ1) is 12.2. The lowest BCUT2D eigenvalue weighted by Crippen LogP contribution is -2.12. The number of carbonyl (C=O) groups excluding carboxylic acids is 1. The minimum absolute atomic E-state index is 0.274. The van der Waals surface area contributed by atoms with E-state index in [1.165, 1.54) is 0 Å². The smallest absolute Gasteiger partial charge is 0.277 e. The second kappa shape index (κ2) is 4.69. The van der Waals surface area contributed by atoms with Gasteiger partial charge in [-0.15, -0.1) is 0 Å². The molecule has 0 aliphatic heterocycles. The van der Waals surface area contributed by atoms with E-state index in [0.717, 1.165) is 11.3 Å². The number of aromatic amines is 1. The summed E-state index contributed by atoms with van der Waals surface area (Å²) in [5, 5.41) is 9.14. The number of amides is 1. The molecule has 1 amide bonds. The molecule has 3 rings (SSSR count). The zero-order valence-electron chi connectivity index (χ0n) is 11.2. The van der Waals surface area contributed by atoms with E-state index in [-0.39, 0.29) is 5.91 Å². The molecule has 2 N–H and O–H groups in total. The number of nitrogens with zero attached hydrogens (tertiary/aromatic N) is 4. The Morgan fingerprint density at radius 1 is 1.30 bits per heavy atom. The molecule has 0 saturated heterocycles. The quantitative estimate of drug-likeness (QED) is 0.753. The Hall–Kier alpha value is -2.83. The van der Waals surface area contributed by atoms with Gasteiger partial charge in [0.2, 0.25) is 0 Å². The first-order valence-corrected chi connectivity index (χ1v) is 6.10. The maximum absolute atomic E-state index is 12.1. The van der Waals surface area contributed by atoms with Crippen molar-refractivity contribution in [1.29, 1.82) is 0 Å². The van der Waals surface area contributed by atoms with Gasteiger partial charge in [-0.05, 0) is 12.1 Å². The fourth-order valence-corrected chi connectivity index (χ4v) is 1.87. The molecule has 0 aromatic carbocycles. The molecule has 0 fully saturated rings. The normalized spacial score (nSPS) is 10.7. The van der Waals surface area contributed by atoms with Crippen LogP contribution in [0, 0.1) is 0 Å². The van der Waals surface area contributed by atoms with Crippen LogP contribution in [-0.2, 0) is 0 Å². The highest BCUT2D eigenvalue weighted by Crippen LogP contribution is 2.14. The van der Waals surface area contributed by atoms with Crippen molar-refractivity contribution in [2.75, 3.05) is 24.3 Å². The number of fused-ring (bicyclic) bond motifs is 1. The molecule has 7 nitrogen and oxygen atoms in total. The minimum Gasteiger partial charge on any atom is -0.376 e. The lowest BCUT2D eigenvalue weighted by molar-refractivity contribution is 0.102. The number of hydrogen-bond donors (Lipinski definition) is 2. The summed E-state index contributed by atoms with van der Waals surface area (Å²) in [5.74, 6) is 0.269. The van der Waals surface area contributed by atoms with Gasteiger partial charge in [-0.2, -0.15) is 5.10 Å². The summed E-state index contributed by atoms with van der Waals surface area (Å²) in [6, 6.07) is 5.51. The number of carbonyl (C=O) groups is 1. The van der Waals surface area contributed by atoms with Gasteiger partial charge in [0.05, 0.1) is 11.9 Å². The van der Waals surface area contributed by atoms with Crippen molar-refractivity contribution in [2.24, 2.45) is 0 Å². The van der Waals surface area contributed by atoms with Gasteiger partial charge in [0.25, 0.3) is 5.91 Å². The molecule has 3 aromatic heterocycles. The number of hydrogen-bond acceptors (Lipinski definition) is 4. The minimum atomic E-state index is -0.274. The molecule has 0 unspecified atom stereocenters. The summed E-state index contributed by atoms with van der Waals surface area (Å²) in [5.41, 5.74) is 2.12. The third-order valence-corrected chi connectivity index (χ3v) is 2.93. The molecular weight excluding hydrogens is 256 g/mol. The van der Waals surface area contributed by atoms with Crippen LogP contribution in [0.4, 0.5) is 11.5 Å². The molecule has 0 spiro atoms. The van der Waals surface area contributed by atoms with Gasteiger partial charge in [0.1, 0.15) is 17.2 Å². The number of aromatic nitrogens is 4. The van der Waals surface area contributed by atoms with Crippen LogP contribution in [0.15, 0.2) is 36.8 Å². The van der Waals surface area contributed by atoms with Gasteiger partial charge in [0, 0.05) is 32.6 Å². The van der Waals surface area contributed by atoms with E-state index in [0.29, 0.717) is 11.5 Å². The zero-order chi connectivity index (χ0) is 14.1. The van der Waals surface area contributed by atoms with Crippen molar-refractivity contribution in [2.45, 2.75) is 0 Å². The Balaban J connectivity index is 1.90. The van der Waals surface area contributed by atoms with Crippen LogP contribution in [-0.4, -0.2) is 39.6 Å². The second-order valence-corrected chi connectivity index (χ2v) is 4.60. The predicted octanol–water partition coefficient (Wildman–Crippen LogP) is 1.38. The van der Waals surface area contributed by atoms with Crippen molar-refractivity contribution >= 4 is 23.1 Å². The van der Waals surface area contributed by atoms with Crippen LogP contribution in [0.3, 0.4) is 0 Å². The van der Waals surface area contributed by atoms with E-state index in [9.17, 15) is 4.79 Å². The van der Waals surface area contributed by atoms with Gasteiger partial charge in [-0.25, -0.2) is 4.98 Å². The third kappa shape index (κ3) is 2.20. The number of anilines is 2. The van der Waals surface area contributed by atoms with Crippen LogP contribution >= 0.6 is 0 Å². The Labute approximate surface area is 115 Å². The van der Waals surface area contributed by atoms with Crippen LogP contribution in [0.1, 0.15) is 10.5 Å². The third-order valence-electron chi connectivity index (χ3n) is 2.93. The number of imidazole rings is 1. The van der Waals surface area contributed by atoms with Gasteiger partial charge in [-0.3, -0.25) is 9.89 Å². The highest BCUT2D eigenvalue weighted by Gasteiger charge is 2.12. The van der Waals surface area contributed by atoms with Crippen LogP contribution in [0.2, 0.25) is 0 Å². The SMILES string of the molecule is CN(C)c1ccc2nc(C(=O)Nc3ccn[nH]3)cn2c1. The van der Waals surface area contributed by atoms with E-state index in [4.69, 9.17) is 0 Å². The summed E-state index contributed by atoms with van der Waals surface area (Å²) >= 11 is 0. The summed E-state index contributed by atoms with van der Waals surface area (Å²) in [4.78, 5) is 18.3. The first-order valence-electron chi connectivity index (χ1n) is 6.10. The summed E-state index contributed by atoms with van der Waals surface area (Å²) < 4.78 is 1.83. The summed E-state index contributed by atoms with van der Waals surface area (Å²) in [7, 11) is 3.92. The Morgan fingerprint density at radius 2 is 2.15 bits per heavy atom. The lowest BCUT2D eigenvalue weighted by atomic mass is 10.4. The average Bonchev–Trinajstić information content (AvgIpc) is 3.05. The Bertz CT molecular complexity index is 743. The molecule has 0 radical (unpaired) electrons. The lowest BCUT2D eigenvalue weighted by Gasteiger charge is -2.11. The standard InChI is InChI=1S/C13H14N6O/c1-18(2)9-3-4-12-15-10(8-19(12)7-9)13(20)16-11-5-6-14-17-11/h3-8H,1-2H3,(H2,14,16,17,20). The average molecular weight is 270 g/mol. The van der Waals surface area contributed by atoms with Crippen molar-refractivity contribution in [1.82, 2.24) is 19.6 Å². The van der Waals surface area contributed by atoms with Crippen molar-refractivity contribution < 1.29 is 4.79 Å². The fourth-order valence-electron chi connectivity index (χ4n) is 1.87.